The number of benzene rings is 3. The van der Waals surface area contributed by atoms with Gasteiger partial charge in [0.15, 0.2) is 0 Å². The average Bonchev–Trinajstić information content (AvgIpc) is 3.28. The zero-order chi connectivity index (χ0) is 22.7. The maximum Gasteiger partial charge on any atom is 0.256 e. The summed E-state index contributed by atoms with van der Waals surface area (Å²) in [7, 11) is -3.89. The van der Waals surface area contributed by atoms with Crippen molar-refractivity contribution in [1.82, 2.24) is 9.78 Å². The molecule has 0 saturated heterocycles. The lowest BCUT2D eigenvalue weighted by Crippen LogP contribution is -2.16. The lowest BCUT2D eigenvalue weighted by atomic mass is 9.98. The van der Waals surface area contributed by atoms with Crippen molar-refractivity contribution >= 4 is 21.6 Å². The predicted octanol–water partition coefficient (Wildman–Crippen LogP) is 3.81. The van der Waals surface area contributed by atoms with E-state index in [9.17, 15) is 13.2 Å². The van der Waals surface area contributed by atoms with Crippen molar-refractivity contribution < 1.29 is 13.2 Å². The number of nitrogens with one attached hydrogen (secondary N) is 1. The van der Waals surface area contributed by atoms with E-state index in [2.05, 4.69) is 10.4 Å². The van der Waals surface area contributed by atoms with Crippen LogP contribution in [0.4, 0.5) is 5.69 Å². The van der Waals surface area contributed by atoms with Crippen LogP contribution in [0, 0.1) is 6.92 Å². The van der Waals surface area contributed by atoms with Crippen LogP contribution in [0.25, 0.3) is 11.1 Å². The van der Waals surface area contributed by atoms with Crippen molar-refractivity contribution in [2.75, 3.05) is 5.32 Å². The molecule has 0 atom stereocenters. The monoisotopic (exact) mass is 446 g/mol. The van der Waals surface area contributed by atoms with Gasteiger partial charge in [0.1, 0.15) is 0 Å². The highest BCUT2D eigenvalue weighted by molar-refractivity contribution is 7.89. The van der Waals surface area contributed by atoms with Gasteiger partial charge in [-0.1, -0.05) is 48.5 Å². The fraction of sp³-hybridized carbons (Fsp3) is 0.0833. The van der Waals surface area contributed by atoms with Crippen molar-refractivity contribution in [2.45, 2.75) is 18.4 Å². The summed E-state index contributed by atoms with van der Waals surface area (Å²) in [4.78, 5) is 13.0. The van der Waals surface area contributed by atoms with Gasteiger partial charge in [-0.3, -0.25) is 9.48 Å². The molecule has 162 valence electrons. The molecule has 4 aromatic rings. The SMILES string of the molecule is Cc1ccc(NC(=O)c2ccccc2-c2ccc(Cn3cccn3)cc2)cc1S(N)(=O)=O. The number of aryl methyl sites for hydroxylation is 1. The molecule has 7 nitrogen and oxygen atoms in total. The van der Waals surface area contributed by atoms with Crippen LogP contribution in [0.5, 0.6) is 0 Å². The van der Waals surface area contributed by atoms with Gasteiger partial charge >= 0.3 is 0 Å². The fourth-order valence-electron chi connectivity index (χ4n) is 3.49. The molecule has 0 spiro atoms. The summed E-state index contributed by atoms with van der Waals surface area (Å²) in [5.74, 6) is -0.342. The molecule has 0 aliphatic heterocycles. The second-order valence-electron chi connectivity index (χ2n) is 7.43. The highest BCUT2D eigenvalue weighted by atomic mass is 32.2. The topological polar surface area (TPSA) is 107 Å². The summed E-state index contributed by atoms with van der Waals surface area (Å²) >= 11 is 0. The molecule has 1 amide bonds. The summed E-state index contributed by atoms with van der Waals surface area (Å²) in [6.07, 6.45) is 3.64. The Labute approximate surface area is 186 Å². The summed E-state index contributed by atoms with van der Waals surface area (Å²) in [5.41, 5.74) is 4.11. The van der Waals surface area contributed by atoms with Crippen LogP contribution < -0.4 is 10.5 Å². The van der Waals surface area contributed by atoms with E-state index in [1.807, 2.05) is 53.3 Å². The molecule has 8 heteroatoms. The zero-order valence-electron chi connectivity index (χ0n) is 17.4. The number of hydrogen-bond acceptors (Lipinski definition) is 4. The minimum Gasteiger partial charge on any atom is -0.322 e. The van der Waals surface area contributed by atoms with Gasteiger partial charge in [0.05, 0.1) is 11.4 Å². The highest BCUT2D eigenvalue weighted by Crippen LogP contribution is 2.26. The molecule has 0 bridgehead atoms. The second-order valence-corrected chi connectivity index (χ2v) is 8.96. The van der Waals surface area contributed by atoms with E-state index >= 15 is 0 Å². The Morgan fingerprint density at radius 1 is 1.03 bits per heavy atom. The quantitative estimate of drug-likeness (QED) is 0.470. The first-order valence-corrected chi connectivity index (χ1v) is 11.5. The number of carbonyl (C=O) groups is 1. The van der Waals surface area contributed by atoms with E-state index in [4.69, 9.17) is 5.14 Å². The van der Waals surface area contributed by atoms with Gasteiger partial charge in [-0.25, -0.2) is 13.6 Å². The van der Waals surface area contributed by atoms with E-state index < -0.39 is 10.0 Å². The molecule has 1 aromatic heterocycles. The van der Waals surface area contributed by atoms with E-state index in [1.54, 1.807) is 37.4 Å². The Bertz CT molecular complexity index is 1360. The number of carbonyl (C=O) groups excluding carboxylic acids is 1. The van der Waals surface area contributed by atoms with Gasteiger partial charge in [0.25, 0.3) is 5.91 Å². The van der Waals surface area contributed by atoms with Gasteiger partial charge in [-0.15, -0.1) is 0 Å². The highest BCUT2D eigenvalue weighted by Gasteiger charge is 2.16. The van der Waals surface area contributed by atoms with Crippen LogP contribution in [0.2, 0.25) is 0 Å². The third-order valence-corrected chi connectivity index (χ3v) is 6.15. The van der Waals surface area contributed by atoms with Crippen LogP contribution in [-0.2, 0) is 16.6 Å². The summed E-state index contributed by atoms with van der Waals surface area (Å²) in [6.45, 7) is 2.31. The molecule has 0 saturated carbocycles. The zero-order valence-corrected chi connectivity index (χ0v) is 18.2. The van der Waals surface area contributed by atoms with Crippen molar-refractivity contribution in [3.63, 3.8) is 0 Å². The predicted molar refractivity (Wildman–Crippen MR) is 124 cm³/mol. The van der Waals surface area contributed by atoms with Crippen LogP contribution in [0.1, 0.15) is 21.5 Å². The number of primary sulfonamides is 1. The van der Waals surface area contributed by atoms with Crippen LogP contribution in [0.3, 0.4) is 0 Å². The largest absolute Gasteiger partial charge is 0.322 e. The maximum atomic E-state index is 13.0. The molecular weight excluding hydrogens is 424 g/mol. The number of rotatable bonds is 6. The molecule has 0 aliphatic rings. The number of amides is 1. The smallest absolute Gasteiger partial charge is 0.256 e. The van der Waals surface area contributed by atoms with Gasteiger partial charge in [0.2, 0.25) is 10.0 Å². The van der Waals surface area contributed by atoms with Crippen LogP contribution in [0.15, 0.2) is 90.1 Å². The number of anilines is 1. The van der Waals surface area contributed by atoms with Crippen molar-refractivity contribution in [3.05, 3.63) is 102 Å². The first kappa shape index (κ1) is 21.5. The fourth-order valence-corrected chi connectivity index (χ4v) is 4.29. The van der Waals surface area contributed by atoms with Crippen molar-refractivity contribution in [1.29, 1.82) is 0 Å². The number of sulfonamides is 1. The van der Waals surface area contributed by atoms with Gasteiger partial charge in [-0.05, 0) is 53.4 Å². The lowest BCUT2D eigenvalue weighted by molar-refractivity contribution is 0.102. The molecule has 32 heavy (non-hydrogen) atoms. The minimum atomic E-state index is -3.89. The van der Waals surface area contributed by atoms with Gasteiger partial charge in [-0.2, -0.15) is 5.10 Å². The van der Waals surface area contributed by atoms with Crippen LogP contribution >= 0.6 is 0 Å². The number of nitrogens with zero attached hydrogens (tertiary/aromatic N) is 2. The van der Waals surface area contributed by atoms with E-state index in [0.717, 1.165) is 16.7 Å². The molecule has 0 aliphatic carbocycles. The van der Waals surface area contributed by atoms with E-state index in [-0.39, 0.29) is 10.8 Å². The minimum absolute atomic E-state index is 0.0173. The Kier molecular flexibility index (Phi) is 5.89. The molecule has 3 aromatic carbocycles. The number of aromatic nitrogens is 2. The van der Waals surface area contributed by atoms with Crippen molar-refractivity contribution in [2.24, 2.45) is 5.14 Å². The molecular formula is C24H22N4O3S. The van der Waals surface area contributed by atoms with Crippen molar-refractivity contribution in [3.8, 4) is 11.1 Å². The number of hydrogen-bond donors (Lipinski definition) is 2. The number of nitrogens with two attached hydrogens (primary N) is 1. The Morgan fingerprint density at radius 3 is 2.47 bits per heavy atom. The molecule has 0 radical (unpaired) electrons. The average molecular weight is 447 g/mol. The summed E-state index contributed by atoms with van der Waals surface area (Å²) in [6, 6.07) is 21.7. The van der Waals surface area contributed by atoms with E-state index in [0.29, 0.717) is 23.4 Å². The molecule has 1 heterocycles. The molecule has 0 fully saturated rings. The molecule has 0 unspecified atom stereocenters. The third kappa shape index (κ3) is 4.77. The molecule has 4 rings (SSSR count). The van der Waals surface area contributed by atoms with Crippen LogP contribution in [-0.4, -0.2) is 24.1 Å². The second kappa shape index (κ2) is 8.78. The Balaban J connectivity index is 1.59. The standard InChI is InChI=1S/C24H22N4O3S/c1-17-7-12-20(15-23(17)32(25,30)31)27-24(29)22-6-3-2-5-21(22)19-10-8-18(9-11-19)16-28-14-4-13-26-28/h2-15H,16H2,1H3,(H,27,29)(H2,25,30,31). The molecule has 3 N–H and O–H groups in total. The summed E-state index contributed by atoms with van der Waals surface area (Å²) < 4.78 is 25.4. The Morgan fingerprint density at radius 2 is 1.78 bits per heavy atom. The third-order valence-electron chi connectivity index (χ3n) is 5.09. The Hall–Kier alpha value is -3.75. The normalized spacial score (nSPS) is 11.3. The first-order chi connectivity index (χ1) is 15.3. The maximum absolute atomic E-state index is 13.0. The summed E-state index contributed by atoms with van der Waals surface area (Å²) in [5, 5.41) is 12.3. The first-order valence-electron chi connectivity index (χ1n) is 9.92. The lowest BCUT2D eigenvalue weighted by Gasteiger charge is -2.12. The van der Waals surface area contributed by atoms with Gasteiger partial charge in [0, 0.05) is 23.6 Å². The van der Waals surface area contributed by atoms with E-state index in [1.165, 1.54) is 6.07 Å². The van der Waals surface area contributed by atoms with Gasteiger partial charge < -0.3 is 5.32 Å².